The fourth-order valence-corrected chi connectivity index (χ4v) is 4.12. The Kier molecular flexibility index (Phi) is 5.19. The number of fused-ring (bicyclic) bond motifs is 1. The van der Waals surface area contributed by atoms with Crippen LogP contribution in [0, 0.1) is 6.92 Å². The molecule has 0 atom stereocenters. The third-order valence-electron chi connectivity index (χ3n) is 4.83. The number of piperidine rings is 1. The van der Waals surface area contributed by atoms with E-state index in [1.807, 2.05) is 6.92 Å². The molecule has 146 valence electrons. The Morgan fingerprint density at radius 3 is 2.71 bits per heavy atom. The van der Waals surface area contributed by atoms with Crippen LogP contribution in [0.5, 0.6) is 0 Å². The molecule has 1 saturated heterocycles. The molecular weight excluding hydrogens is 376 g/mol. The number of ether oxygens (including phenoxy) is 1. The van der Waals surface area contributed by atoms with Gasteiger partial charge < -0.3 is 15.0 Å². The smallest absolute Gasteiger partial charge is 0.222 e. The predicted octanol–water partition coefficient (Wildman–Crippen LogP) is 3.03. The van der Waals surface area contributed by atoms with E-state index in [-0.39, 0.29) is 5.91 Å². The van der Waals surface area contributed by atoms with Crippen molar-refractivity contribution in [1.82, 2.24) is 20.2 Å². The van der Waals surface area contributed by atoms with Crippen molar-refractivity contribution in [3.63, 3.8) is 0 Å². The second-order valence-corrected chi connectivity index (χ2v) is 8.03. The van der Waals surface area contributed by atoms with E-state index in [4.69, 9.17) is 9.72 Å². The Balaban J connectivity index is 1.79. The van der Waals surface area contributed by atoms with Crippen molar-refractivity contribution in [2.45, 2.75) is 32.8 Å². The molecule has 0 aliphatic carbocycles. The van der Waals surface area contributed by atoms with Gasteiger partial charge in [0.1, 0.15) is 16.5 Å². The summed E-state index contributed by atoms with van der Waals surface area (Å²) >= 11 is 1.53. The fourth-order valence-electron chi connectivity index (χ4n) is 3.43. The lowest BCUT2D eigenvalue weighted by molar-refractivity contribution is -0.114. The van der Waals surface area contributed by atoms with Gasteiger partial charge in [0.25, 0.3) is 0 Å². The number of methoxy groups -OCH3 is 1. The molecule has 1 aliphatic rings. The fraction of sp³-hybridized carbons (Fsp3) is 0.421. The molecule has 0 saturated carbocycles. The van der Waals surface area contributed by atoms with Crippen molar-refractivity contribution in [3.8, 4) is 10.7 Å². The second kappa shape index (κ2) is 7.76. The van der Waals surface area contributed by atoms with Gasteiger partial charge in [-0.15, -0.1) is 10.2 Å². The van der Waals surface area contributed by atoms with Crippen LogP contribution < -0.4 is 10.2 Å². The van der Waals surface area contributed by atoms with E-state index in [0.717, 1.165) is 58.2 Å². The first-order valence-electron chi connectivity index (χ1n) is 9.20. The maximum absolute atomic E-state index is 11.3. The van der Waals surface area contributed by atoms with Gasteiger partial charge in [0, 0.05) is 44.8 Å². The zero-order valence-corrected chi connectivity index (χ0v) is 16.9. The first-order chi connectivity index (χ1) is 13.5. The van der Waals surface area contributed by atoms with Gasteiger partial charge in [-0.3, -0.25) is 4.79 Å². The number of pyridine rings is 2. The standard InChI is InChI=1S/C19H22N6O2S/c1-11(26)21-17-9-15-13(10-20-17)8-16(25-6-4-14(27-3)5-7-25)18(22-15)19-24-23-12(2)28-19/h8-10,14H,4-7H2,1-3H3,(H,20,21,26). The minimum absolute atomic E-state index is 0.163. The zero-order chi connectivity index (χ0) is 19.7. The number of carbonyl (C=O) groups excluding carboxylic acids is 1. The van der Waals surface area contributed by atoms with E-state index in [1.54, 1.807) is 19.4 Å². The minimum Gasteiger partial charge on any atom is -0.381 e. The Morgan fingerprint density at radius 2 is 2.07 bits per heavy atom. The van der Waals surface area contributed by atoms with Gasteiger partial charge in [-0.05, 0) is 25.8 Å². The molecule has 1 amide bonds. The quantitative estimate of drug-likeness (QED) is 0.722. The van der Waals surface area contributed by atoms with Gasteiger partial charge >= 0.3 is 0 Å². The molecule has 8 nitrogen and oxygen atoms in total. The molecule has 1 aliphatic heterocycles. The van der Waals surface area contributed by atoms with Crippen LogP contribution in [0.3, 0.4) is 0 Å². The van der Waals surface area contributed by atoms with Gasteiger partial charge in [0.05, 0.1) is 17.3 Å². The van der Waals surface area contributed by atoms with Crippen LogP contribution in [0.4, 0.5) is 11.5 Å². The van der Waals surface area contributed by atoms with Crippen LogP contribution in [0.15, 0.2) is 18.3 Å². The van der Waals surface area contributed by atoms with Gasteiger partial charge in [0.2, 0.25) is 5.91 Å². The monoisotopic (exact) mass is 398 g/mol. The van der Waals surface area contributed by atoms with Gasteiger partial charge in [0.15, 0.2) is 5.01 Å². The highest BCUT2D eigenvalue weighted by Gasteiger charge is 2.24. The normalized spacial score (nSPS) is 15.2. The molecule has 1 N–H and O–H groups in total. The molecule has 9 heteroatoms. The molecule has 4 rings (SSSR count). The molecule has 0 unspecified atom stereocenters. The van der Waals surface area contributed by atoms with Crippen LogP contribution in [-0.2, 0) is 9.53 Å². The predicted molar refractivity (Wildman–Crippen MR) is 110 cm³/mol. The molecule has 0 aromatic carbocycles. The lowest BCUT2D eigenvalue weighted by Crippen LogP contribution is -2.37. The molecule has 3 aromatic heterocycles. The molecule has 3 aromatic rings. The summed E-state index contributed by atoms with van der Waals surface area (Å²) < 4.78 is 5.50. The van der Waals surface area contributed by atoms with Crippen LogP contribution in [-0.4, -0.2) is 52.4 Å². The number of amides is 1. The van der Waals surface area contributed by atoms with Crippen molar-refractivity contribution in [2.24, 2.45) is 0 Å². The Bertz CT molecular complexity index is 1010. The molecular formula is C19H22N6O2S. The van der Waals surface area contributed by atoms with E-state index >= 15 is 0 Å². The van der Waals surface area contributed by atoms with E-state index in [0.29, 0.717) is 11.9 Å². The third-order valence-corrected chi connectivity index (χ3v) is 5.67. The van der Waals surface area contributed by atoms with Crippen molar-refractivity contribution in [2.75, 3.05) is 30.4 Å². The summed E-state index contributed by atoms with van der Waals surface area (Å²) in [4.78, 5) is 22.9. The third kappa shape index (κ3) is 3.81. The summed E-state index contributed by atoms with van der Waals surface area (Å²) in [5.74, 6) is 0.324. The highest BCUT2D eigenvalue weighted by molar-refractivity contribution is 7.14. The Hall–Kier alpha value is -2.65. The SMILES string of the molecule is COC1CCN(c2cc3cnc(NC(C)=O)cc3nc2-c2nnc(C)s2)CC1. The van der Waals surface area contributed by atoms with Crippen molar-refractivity contribution >= 4 is 39.7 Å². The van der Waals surface area contributed by atoms with E-state index < -0.39 is 0 Å². The topological polar surface area (TPSA) is 93.1 Å². The number of hydrogen-bond donors (Lipinski definition) is 1. The van der Waals surface area contributed by atoms with E-state index in [2.05, 4.69) is 31.5 Å². The molecule has 0 radical (unpaired) electrons. The van der Waals surface area contributed by atoms with Crippen molar-refractivity contribution in [1.29, 1.82) is 0 Å². The zero-order valence-electron chi connectivity index (χ0n) is 16.1. The highest BCUT2D eigenvalue weighted by atomic mass is 32.1. The van der Waals surface area contributed by atoms with Gasteiger partial charge in [-0.1, -0.05) is 11.3 Å². The average Bonchev–Trinajstić information content (AvgIpc) is 3.13. The number of aryl methyl sites for hydroxylation is 1. The van der Waals surface area contributed by atoms with Gasteiger partial charge in [-0.25, -0.2) is 9.97 Å². The summed E-state index contributed by atoms with van der Waals surface area (Å²) in [5.41, 5.74) is 2.61. The first-order valence-corrected chi connectivity index (χ1v) is 10.0. The summed E-state index contributed by atoms with van der Waals surface area (Å²) in [6, 6.07) is 3.89. The maximum Gasteiger partial charge on any atom is 0.222 e. The summed E-state index contributed by atoms with van der Waals surface area (Å²) in [6.45, 7) is 5.19. The maximum atomic E-state index is 11.3. The second-order valence-electron chi connectivity index (χ2n) is 6.85. The number of anilines is 2. The Labute approximate surface area is 167 Å². The molecule has 28 heavy (non-hydrogen) atoms. The first kappa shape index (κ1) is 18.7. The average molecular weight is 398 g/mol. The van der Waals surface area contributed by atoms with Gasteiger partial charge in [-0.2, -0.15) is 0 Å². The largest absolute Gasteiger partial charge is 0.381 e. The van der Waals surface area contributed by atoms with Crippen LogP contribution in [0.1, 0.15) is 24.8 Å². The lowest BCUT2D eigenvalue weighted by atomic mass is 10.1. The molecule has 0 bridgehead atoms. The van der Waals surface area contributed by atoms with Crippen molar-refractivity contribution in [3.05, 3.63) is 23.3 Å². The van der Waals surface area contributed by atoms with E-state index in [9.17, 15) is 4.79 Å². The number of rotatable bonds is 4. The van der Waals surface area contributed by atoms with Crippen LogP contribution >= 0.6 is 11.3 Å². The summed E-state index contributed by atoms with van der Waals surface area (Å²) in [6.07, 6.45) is 4.00. The Morgan fingerprint density at radius 1 is 1.29 bits per heavy atom. The lowest BCUT2D eigenvalue weighted by Gasteiger charge is -2.33. The number of aromatic nitrogens is 4. The molecule has 4 heterocycles. The highest BCUT2D eigenvalue weighted by Crippen LogP contribution is 2.35. The molecule has 1 fully saturated rings. The summed E-state index contributed by atoms with van der Waals surface area (Å²) in [7, 11) is 1.77. The van der Waals surface area contributed by atoms with Crippen LogP contribution in [0.2, 0.25) is 0 Å². The minimum atomic E-state index is -0.163. The number of nitrogens with zero attached hydrogens (tertiary/aromatic N) is 5. The summed E-state index contributed by atoms with van der Waals surface area (Å²) in [5, 5.41) is 13.8. The van der Waals surface area contributed by atoms with Crippen LogP contribution in [0.25, 0.3) is 21.6 Å². The number of hydrogen-bond acceptors (Lipinski definition) is 8. The number of nitrogens with one attached hydrogen (secondary N) is 1. The van der Waals surface area contributed by atoms with Crippen molar-refractivity contribution < 1.29 is 9.53 Å². The molecule has 0 spiro atoms. The van der Waals surface area contributed by atoms with E-state index in [1.165, 1.54) is 18.3 Å². The number of carbonyl (C=O) groups is 1.